The molecule has 21 heavy (non-hydrogen) atoms. The Balaban J connectivity index is 2.47. The van der Waals surface area contributed by atoms with Gasteiger partial charge < -0.3 is 14.8 Å². The molecule has 0 unspecified atom stereocenters. The van der Waals surface area contributed by atoms with E-state index in [1.165, 1.54) is 0 Å². The van der Waals surface area contributed by atoms with Gasteiger partial charge >= 0.3 is 0 Å². The first kappa shape index (κ1) is 17.7. The number of methoxy groups -OCH3 is 2. The van der Waals surface area contributed by atoms with Gasteiger partial charge in [-0.3, -0.25) is 9.00 Å². The molecule has 0 radical (unpaired) electrons. The summed E-state index contributed by atoms with van der Waals surface area (Å²) in [6.07, 6.45) is 0.747. The van der Waals surface area contributed by atoms with Crippen LogP contribution in [0.4, 0.5) is 0 Å². The zero-order valence-electron chi connectivity index (χ0n) is 12.8. The van der Waals surface area contributed by atoms with E-state index >= 15 is 0 Å². The van der Waals surface area contributed by atoms with Crippen molar-refractivity contribution in [2.75, 3.05) is 27.4 Å². The highest BCUT2D eigenvalue weighted by atomic mass is 32.2. The van der Waals surface area contributed by atoms with Crippen LogP contribution >= 0.6 is 0 Å². The third-order valence-electron chi connectivity index (χ3n) is 3.03. The summed E-state index contributed by atoms with van der Waals surface area (Å²) < 4.78 is 22.3. The van der Waals surface area contributed by atoms with E-state index in [9.17, 15) is 9.00 Å². The van der Waals surface area contributed by atoms with Crippen LogP contribution in [-0.2, 0) is 26.1 Å². The van der Waals surface area contributed by atoms with Crippen molar-refractivity contribution >= 4 is 16.7 Å². The van der Waals surface area contributed by atoms with E-state index in [4.69, 9.17) is 9.47 Å². The molecular formula is C15H23NO4S. The summed E-state index contributed by atoms with van der Waals surface area (Å²) in [6, 6.07) is 7.39. The molecule has 1 amide bonds. The number of amides is 1. The molecule has 6 heteroatoms. The summed E-state index contributed by atoms with van der Waals surface area (Å²) in [4.78, 5) is 11.9. The zero-order chi connectivity index (χ0) is 15.7. The Morgan fingerprint density at radius 3 is 2.81 bits per heavy atom. The van der Waals surface area contributed by atoms with Crippen LogP contribution in [0.5, 0.6) is 5.75 Å². The Labute approximate surface area is 128 Å². The predicted molar refractivity (Wildman–Crippen MR) is 83.8 cm³/mol. The number of rotatable bonds is 9. The summed E-state index contributed by atoms with van der Waals surface area (Å²) >= 11 is 0. The molecular weight excluding hydrogens is 290 g/mol. The molecule has 5 nitrogen and oxygen atoms in total. The number of hydrogen-bond donors (Lipinski definition) is 1. The average molecular weight is 313 g/mol. The lowest BCUT2D eigenvalue weighted by atomic mass is 10.2. The molecule has 1 aromatic carbocycles. The molecule has 0 aliphatic heterocycles. The van der Waals surface area contributed by atoms with E-state index in [1.807, 2.05) is 24.3 Å². The Morgan fingerprint density at radius 1 is 1.38 bits per heavy atom. The number of carbonyl (C=O) groups is 1. The van der Waals surface area contributed by atoms with Crippen molar-refractivity contribution in [3.63, 3.8) is 0 Å². The summed E-state index contributed by atoms with van der Waals surface area (Å²) in [7, 11) is 1.95. The van der Waals surface area contributed by atoms with Crippen LogP contribution in [0.3, 0.4) is 0 Å². The zero-order valence-corrected chi connectivity index (χ0v) is 13.6. The number of nitrogens with one attached hydrogen (secondary N) is 1. The molecule has 0 saturated heterocycles. The minimum Gasteiger partial charge on any atom is -0.497 e. The van der Waals surface area contributed by atoms with E-state index < -0.39 is 16.0 Å². The van der Waals surface area contributed by atoms with Crippen LogP contribution < -0.4 is 10.1 Å². The monoisotopic (exact) mass is 313 g/mol. The Morgan fingerprint density at radius 2 is 2.14 bits per heavy atom. The lowest BCUT2D eigenvalue weighted by Gasteiger charge is -2.12. The van der Waals surface area contributed by atoms with E-state index in [0.29, 0.717) is 18.9 Å². The van der Waals surface area contributed by atoms with Crippen molar-refractivity contribution < 1.29 is 18.5 Å². The van der Waals surface area contributed by atoms with Crippen molar-refractivity contribution in [3.05, 3.63) is 29.8 Å². The van der Waals surface area contributed by atoms with Crippen molar-refractivity contribution in [2.45, 2.75) is 24.3 Å². The van der Waals surface area contributed by atoms with Gasteiger partial charge in [-0.05, 0) is 31.0 Å². The standard InChI is InChI=1S/C15H23NO4S/c1-12(15(17)16-8-5-9-19-2)21(18)11-13-6-4-7-14(10-13)20-3/h4,6-7,10,12H,5,8-9,11H2,1-3H3,(H,16,17)/t12-,21+/m0/s1. The SMILES string of the molecule is COCCCNC(=O)[C@H](C)[S@](=O)Cc1cccc(OC)c1. The quantitative estimate of drug-likeness (QED) is 0.702. The number of ether oxygens (including phenoxy) is 2. The normalized spacial score (nSPS) is 13.5. The maximum absolute atomic E-state index is 12.2. The lowest BCUT2D eigenvalue weighted by Crippen LogP contribution is -2.36. The lowest BCUT2D eigenvalue weighted by molar-refractivity contribution is -0.120. The molecule has 0 fully saturated rings. The third kappa shape index (κ3) is 6.27. The Bertz CT molecular complexity index is 478. The van der Waals surface area contributed by atoms with E-state index in [0.717, 1.165) is 17.7 Å². The Kier molecular flexibility index (Phi) is 8.00. The third-order valence-corrected chi connectivity index (χ3v) is 4.65. The molecule has 2 atom stereocenters. The number of hydrogen-bond acceptors (Lipinski definition) is 4. The van der Waals surface area contributed by atoms with Gasteiger partial charge in [0.15, 0.2) is 0 Å². The van der Waals surface area contributed by atoms with Crippen molar-refractivity contribution in [2.24, 2.45) is 0 Å². The van der Waals surface area contributed by atoms with Gasteiger partial charge in [-0.25, -0.2) is 0 Å². The van der Waals surface area contributed by atoms with Crippen LogP contribution in [-0.4, -0.2) is 42.7 Å². The van der Waals surface area contributed by atoms with Gasteiger partial charge in [-0.15, -0.1) is 0 Å². The van der Waals surface area contributed by atoms with Crippen LogP contribution in [0.2, 0.25) is 0 Å². The van der Waals surface area contributed by atoms with Crippen LogP contribution in [0.1, 0.15) is 18.9 Å². The second kappa shape index (κ2) is 9.52. The first-order valence-electron chi connectivity index (χ1n) is 6.85. The number of benzene rings is 1. The molecule has 0 heterocycles. The minimum atomic E-state index is -1.26. The van der Waals surface area contributed by atoms with Crippen LogP contribution in [0, 0.1) is 0 Å². The van der Waals surface area contributed by atoms with Crippen molar-refractivity contribution in [3.8, 4) is 5.75 Å². The largest absolute Gasteiger partial charge is 0.497 e. The summed E-state index contributed by atoms with van der Waals surface area (Å²) in [5, 5.41) is 2.23. The molecule has 118 valence electrons. The van der Waals surface area contributed by atoms with Gasteiger partial charge in [-0.1, -0.05) is 12.1 Å². The van der Waals surface area contributed by atoms with E-state index in [1.54, 1.807) is 21.1 Å². The van der Waals surface area contributed by atoms with Gasteiger partial charge in [0.25, 0.3) is 0 Å². The first-order chi connectivity index (χ1) is 10.1. The van der Waals surface area contributed by atoms with Gasteiger partial charge in [0.2, 0.25) is 5.91 Å². The predicted octanol–water partition coefficient (Wildman–Crippen LogP) is 1.49. The smallest absolute Gasteiger partial charge is 0.235 e. The second-order valence-electron chi connectivity index (χ2n) is 4.66. The fraction of sp³-hybridized carbons (Fsp3) is 0.533. The highest BCUT2D eigenvalue weighted by Crippen LogP contribution is 2.15. The van der Waals surface area contributed by atoms with Gasteiger partial charge in [-0.2, -0.15) is 0 Å². The molecule has 0 aromatic heterocycles. The van der Waals surface area contributed by atoms with E-state index in [2.05, 4.69) is 5.32 Å². The van der Waals surface area contributed by atoms with Gasteiger partial charge in [0, 0.05) is 36.8 Å². The van der Waals surface area contributed by atoms with Gasteiger partial charge in [0.1, 0.15) is 11.0 Å². The highest BCUT2D eigenvalue weighted by molar-refractivity contribution is 7.85. The summed E-state index contributed by atoms with van der Waals surface area (Å²) in [6.45, 7) is 2.82. The molecule has 1 rings (SSSR count). The van der Waals surface area contributed by atoms with Crippen molar-refractivity contribution in [1.29, 1.82) is 0 Å². The molecule has 1 N–H and O–H groups in total. The fourth-order valence-corrected chi connectivity index (χ4v) is 2.82. The van der Waals surface area contributed by atoms with Crippen molar-refractivity contribution in [1.82, 2.24) is 5.32 Å². The molecule has 0 aliphatic rings. The molecule has 0 saturated carbocycles. The summed E-state index contributed by atoms with van der Waals surface area (Å²) in [5.41, 5.74) is 0.895. The fourth-order valence-electron chi connectivity index (χ4n) is 1.74. The first-order valence-corrected chi connectivity index (χ1v) is 8.23. The van der Waals surface area contributed by atoms with Crippen LogP contribution in [0.15, 0.2) is 24.3 Å². The molecule has 1 aromatic rings. The Hall–Kier alpha value is -1.40. The maximum atomic E-state index is 12.2. The van der Waals surface area contributed by atoms with Gasteiger partial charge in [0.05, 0.1) is 7.11 Å². The molecule has 0 spiro atoms. The number of carbonyl (C=O) groups excluding carboxylic acids is 1. The van der Waals surface area contributed by atoms with E-state index in [-0.39, 0.29) is 5.91 Å². The molecule has 0 bridgehead atoms. The van der Waals surface area contributed by atoms with Crippen LogP contribution in [0.25, 0.3) is 0 Å². The topological polar surface area (TPSA) is 64.6 Å². The average Bonchev–Trinajstić information content (AvgIpc) is 2.50. The second-order valence-corrected chi connectivity index (χ2v) is 6.41. The minimum absolute atomic E-state index is 0.188. The highest BCUT2D eigenvalue weighted by Gasteiger charge is 2.19. The maximum Gasteiger partial charge on any atom is 0.235 e. The summed E-state index contributed by atoms with van der Waals surface area (Å²) in [5.74, 6) is 0.873. The molecule has 0 aliphatic carbocycles.